The number of nitrogens with one attached hydrogen (secondary N) is 1. The molecule has 1 N–H and O–H groups in total. The van der Waals surface area contributed by atoms with Crippen molar-refractivity contribution in [3.8, 4) is 5.75 Å². The molecule has 29 heavy (non-hydrogen) atoms. The van der Waals surface area contributed by atoms with Gasteiger partial charge in [0.05, 0.1) is 23.2 Å². The number of sulfonamides is 1. The van der Waals surface area contributed by atoms with Crippen molar-refractivity contribution in [2.75, 3.05) is 18.4 Å². The fourth-order valence-electron chi connectivity index (χ4n) is 3.44. The number of anilines is 1. The van der Waals surface area contributed by atoms with E-state index in [1.165, 1.54) is 0 Å². The Morgan fingerprint density at radius 3 is 2.69 bits per heavy atom. The Labute approximate surface area is 171 Å². The third kappa shape index (κ3) is 4.72. The summed E-state index contributed by atoms with van der Waals surface area (Å²) in [4.78, 5) is 4.68. The highest BCUT2D eigenvalue weighted by Gasteiger charge is 2.29. The highest BCUT2D eigenvalue weighted by molar-refractivity contribution is 7.89. The van der Waals surface area contributed by atoms with E-state index in [2.05, 4.69) is 15.5 Å². The van der Waals surface area contributed by atoms with Gasteiger partial charge in [0.15, 0.2) is 5.82 Å². The molecule has 0 spiro atoms. The van der Waals surface area contributed by atoms with Gasteiger partial charge in [-0.05, 0) is 57.7 Å². The summed E-state index contributed by atoms with van der Waals surface area (Å²) in [6, 6.07) is 4.97. The first-order valence-electron chi connectivity index (χ1n) is 10.3. The molecule has 0 radical (unpaired) electrons. The maximum atomic E-state index is 13.0. The molecule has 2 aliphatic rings. The average molecular weight is 421 g/mol. The van der Waals surface area contributed by atoms with Crippen LogP contribution >= 0.6 is 0 Å². The number of benzene rings is 1. The van der Waals surface area contributed by atoms with Crippen LogP contribution in [0.5, 0.6) is 5.75 Å². The molecule has 0 unspecified atom stereocenters. The van der Waals surface area contributed by atoms with Gasteiger partial charge in [0, 0.05) is 19.0 Å². The van der Waals surface area contributed by atoms with Crippen LogP contribution in [0, 0.1) is 0 Å². The molecule has 1 saturated heterocycles. The molecular weight excluding hydrogens is 392 g/mol. The molecule has 1 aliphatic carbocycles. The van der Waals surface area contributed by atoms with Crippen LogP contribution in [0.3, 0.4) is 0 Å². The summed E-state index contributed by atoms with van der Waals surface area (Å²) in [5.74, 6) is 2.25. The third-order valence-electron chi connectivity index (χ3n) is 5.12. The van der Waals surface area contributed by atoms with Crippen LogP contribution in [0.15, 0.2) is 27.6 Å². The summed E-state index contributed by atoms with van der Waals surface area (Å²) in [6.45, 7) is 5.31. The van der Waals surface area contributed by atoms with E-state index in [9.17, 15) is 8.42 Å². The van der Waals surface area contributed by atoms with E-state index in [4.69, 9.17) is 9.26 Å². The summed E-state index contributed by atoms with van der Waals surface area (Å²) < 4.78 is 38.8. The molecule has 0 atom stereocenters. The van der Waals surface area contributed by atoms with Crippen molar-refractivity contribution >= 4 is 15.7 Å². The summed E-state index contributed by atoms with van der Waals surface area (Å²) in [7, 11) is -3.53. The third-order valence-corrected chi connectivity index (χ3v) is 7.02. The van der Waals surface area contributed by atoms with E-state index in [0.717, 1.165) is 37.9 Å². The number of rotatable bonds is 8. The van der Waals surface area contributed by atoms with Crippen molar-refractivity contribution in [1.29, 1.82) is 0 Å². The molecule has 2 fully saturated rings. The van der Waals surface area contributed by atoms with Crippen molar-refractivity contribution in [3.63, 3.8) is 0 Å². The van der Waals surface area contributed by atoms with Crippen molar-refractivity contribution in [1.82, 2.24) is 14.4 Å². The molecule has 158 valence electrons. The fourth-order valence-corrected chi connectivity index (χ4v) is 4.98. The van der Waals surface area contributed by atoms with Crippen LogP contribution in [-0.4, -0.2) is 42.1 Å². The second-order valence-electron chi connectivity index (χ2n) is 7.96. The molecule has 9 heteroatoms. The lowest BCUT2D eigenvalue weighted by Gasteiger charge is -2.26. The van der Waals surface area contributed by atoms with Crippen LogP contribution in [0.1, 0.15) is 63.6 Å². The normalized spacial score (nSPS) is 18.2. The summed E-state index contributed by atoms with van der Waals surface area (Å²) in [5.41, 5.74) is 0.600. The fraction of sp³-hybridized carbons (Fsp3) is 0.600. The molecule has 1 aromatic carbocycles. The number of piperidine rings is 1. The highest BCUT2D eigenvalue weighted by atomic mass is 32.2. The smallest absolute Gasteiger partial charge is 0.245 e. The van der Waals surface area contributed by atoms with Gasteiger partial charge >= 0.3 is 0 Å². The number of nitrogens with zero attached hydrogens (tertiary/aromatic N) is 3. The first-order valence-corrected chi connectivity index (χ1v) is 11.7. The van der Waals surface area contributed by atoms with Gasteiger partial charge < -0.3 is 14.6 Å². The molecule has 0 amide bonds. The minimum Gasteiger partial charge on any atom is -0.489 e. The zero-order valence-corrected chi connectivity index (χ0v) is 17.7. The minimum atomic E-state index is -3.53. The van der Waals surface area contributed by atoms with Gasteiger partial charge in [-0.1, -0.05) is 11.6 Å². The molecule has 0 bridgehead atoms. The Balaban J connectivity index is 1.56. The lowest BCUT2D eigenvalue weighted by Crippen LogP contribution is -2.35. The van der Waals surface area contributed by atoms with Crippen molar-refractivity contribution < 1.29 is 17.7 Å². The van der Waals surface area contributed by atoms with E-state index >= 15 is 0 Å². The second-order valence-corrected chi connectivity index (χ2v) is 9.90. The Morgan fingerprint density at radius 2 is 2.00 bits per heavy atom. The maximum absolute atomic E-state index is 13.0. The molecule has 2 aromatic rings. The quantitative estimate of drug-likeness (QED) is 0.698. The van der Waals surface area contributed by atoms with Gasteiger partial charge in [-0.15, -0.1) is 0 Å². The number of hydrogen-bond donors (Lipinski definition) is 1. The van der Waals surface area contributed by atoms with Gasteiger partial charge in [0.25, 0.3) is 0 Å². The van der Waals surface area contributed by atoms with Crippen LogP contribution in [0.2, 0.25) is 0 Å². The molecule has 1 aromatic heterocycles. The zero-order valence-electron chi connectivity index (χ0n) is 16.9. The maximum Gasteiger partial charge on any atom is 0.245 e. The van der Waals surface area contributed by atoms with E-state index in [0.29, 0.717) is 42.9 Å². The molecule has 1 aliphatic heterocycles. The minimum absolute atomic E-state index is 0.0371. The van der Waals surface area contributed by atoms with Gasteiger partial charge in [-0.3, -0.25) is 0 Å². The first kappa shape index (κ1) is 20.2. The van der Waals surface area contributed by atoms with E-state index in [-0.39, 0.29) is 11.0 Å². The Hall–Kier alpha value is -2.13. The summed E-state index contributed by atoms with van der Waals surface area (Å²) >= 11 is 0. The molecule has 1 saturated carbocycles. The van der Waals surface area contributed by atoms with Gasteiger partial charge in [0.1, 0.15) is 5.75 Å². The second kappa shape index (κ2) is 8.31. The topological polar surface area (TPSA) is 97.6 Å². The molecule has 2 heterocycles. The Kier molecular flexibility index (Phi) is 5.78. The largest absolute Gasteiger partial charge is 0.489 e. The van der Waals surface area contributed by atoms with Crippen LogP contribution in [0.4, 0.5) is 5.69 Å². The monoisotopic (exact) mass is 420 g/mol. The lowest BCUT2D eigenvalue weighted by molar-refractivity contribution is 0.243. The van der Waals surface area contributed by atoms with Crippen molar-refractivity contribution in [2.24, 2.45) is 0 Å². The van der Waals surface area contributed by atoms with Gasteiger partial charge in [-0.25, -0.2) is 8.42 Å². The van der Waals surface area contributed by atoms with Gasteiger partial charge in [-0.2, -0.15) is 9.29 Å². The van der Waals surface area contributed by atoms with Crippen molar-refractivity contribution in [2.45, 2.75) is 69.4 Å². The predicted molar refractivity (Wildman–Crippen MR) is 108 cm³/mol. The summed E-state index contributed by atoms with van der Waals surface area (Å²) in [6.07, 6.45) is 5.06. The number of aromatic nitrogens is 2. The zero-order chi connectivity index (χ0) is 20.4. The van der Waals surface area contributed by atoms with E-state index < -0.39 is 10.0 Å². The number of hydrogen-bond acceptors (Lipinski definition) is 7. The average Bonchev–Trinajstić information content (AvgIpc) is 3.45. The molecule has 8 nitrogen and oxygen atoms in total. The van der Waals surface area contributed by atoms with Crippen LogP contribution < -0.4 is 10.1 Å². The summed E-state index contributed by atoms with van der Waals surface area (Å²) in [5, 5.41) is 7.24. The highest BCUT2D eigenvalue weighted by Crippen LogP contribution is 2.38. The number of ether oxygens (including phenoxy) is 1. The van der Waals surface area contributed by atoms with E-state index in [1.54, 1.807) is 22.5 Å². The Morgan fingerprint density at radius 1 is 1.24 bits per heavy atom. The first-order chi connectivity index (χ1) is 13.9. The molecular formula is C20H28N4O4S. The SMILES string of the molecule is CC(C)Oc1ccc(S(=O)(=O)N2CCCCC2)cc1NCc1nc(C2CC2)no1. The van der Waals surface area contributed by atoms with Gasteiger partial charge in [0.2, 0.25) is 15.9 Å². The predicted octanol–water partition coefficient (Wildman–Crippen LogP) is 3.52. The Bertz CT molecular complexity index is 947. The van der Waals surface area contributed by atoms with Crippen LogP contribution in [-0.2, 0) is 16.6 Å². The standard InChI is InChI=1S/C20H28N4O4S/c1-14(2)27-18-9-8-16(29(25,26)24-10-4-3-5-11-24)12-17(18)21-13-19-22-20(23-28-19)15-6-7-15/h8-9,12,14-15,21H,3-7,10-11,13H2,1-2H3. The lowest BCUT2D eigenvalue weighted by atomic mass is 10.2. The van der Waals surface area contributed by atoms with Crippen LogP contribution in [0.25, 0.3) is 0 Å². The van der Waals surface area contributed by atoms with E-state index in [1.807, 2.05) is 13.8 Å². The molecule has 4 rings (SSSR count). The van der Waals surface area contributed by atoms with Crippen molar-refractivity contribution in [3.05, 3.63) is 29.9 Å².